The van der Waals surface area contributed by atoms with E-state index in [1.165, 1.54) is 0 Å². The highest BCUT2D eigenvalue weighted by atomic mass is 16.6. The van der Waals surface area contributed by atoms with Crippen LogP contribution >= 0.6 is 0 Å². The van der Waals surface area contributed by atoms with Crippen molar-refractivity contribution in [1.29, 1.82) is 0 Å². The Balaban J connectivity index is 2.64. The van der Waals surface area contributed by atoms with E-state index in [9.17, 15) is 10.1 Å². The van der Waals surface area contributed by atoms with Crippen molar-refractivity contribution in [3.63, 3.8) is 0 Å². The van der Waals surface area contributed by atoms with Gasteiger partial charge in [0.05, 0.1) is 0 Å². The highest BCUT2D eigenvalue weighted by Crippen LogP contribution is 2.02. The van der Waals surface area contributed by atoms with Gasteiger partial charge in [-0.2, -0.15) is 0 Å². The fourth-order valence-corrected chi connectivity index (χ4v) is 0.885. The summed E-state index contributed by atoms with van der Waals surface area (Å²) < 4.78 is 0. The van der Waals surface area contributed by atoms with Crippen LogP contribution in [0.1, 0.15) is 12.5 Å². The highest BCUT2D eigenvalue weighted by molar-refractivity contribution is 5.49. The van der Waals surface area contributed by atoms with Gasteiger partial charge in [0.15, 0.2) is 0 Å². The summed E-state index contributed by atoms with van der Waals surface area (Å²) in [5.41, 5.74) is 0.983. The summed E-state index contributed by atoms with van der Waals surface area (Å²) in [6.45, 7) is 1.56. The Kier molecular flexibility index (Phi) is 3.20. The van der Waals surface area contributed by atoms with E-state index in [2.05, 4.69) is 0 Å². The van der Waals surface area contributed by atoms with Crippen LogP contribution in [-0.4, -0.2) is 11.0 Å². The Labute approximate surface area is 76.9 Å². The molecule has 0 saturated carbocycles. The van der Waals surface area contributed by atoms with Gasteiger partial charge in [-0.25, -0.2) is 0 Å². The summed E-state index contributed by atoms with van der Waals surface area (Å²) in [5, 5.41) is 10.3. The van der Waals surface area contributed by atoms with E-state index >= 15 is 0 Å². The Morgan fingerprint density at radius 1 is 1.38 bits per heavy atom. The molecular formula is C10H11NO2. The first-order valence-corrected chi connectivity index (χ1v) is 4.07. The molecule has 0 fully saturated rings. The van der Waals surface area contributed by atoms with Gasteiger partial charge in [-0.15, -0.1) is 0 Å². The number of rotatable bonds is 3. The lowest BCUT2D eigenvalue weighted by molar-refractivity contribution is -0.504. The largest absolute Gasteiger partial charge is 0.264 e. The van der Waals surface area contributed by atoms with Crippen LogP contribution in [0.25, 0.3) is 6.08 Å². The van der Waals surface area contributed by atoms with Crippen LogP contribution in [-0.2, 0) is 0 Å². The molecule has 0 heterocycles. The molecule has 0 saturated heterocycles. The maximum Gasteiger partial charge on any atom is 0.228 e. The topological polar surface area (TPSA) is 43.1 Å². The van der Waals surface area contributed by atoms with Crippen molar-refractivity contribution in [2.45, 2.75) is 13.0 Å². The summed E-state index contributed by atoms with van der Waals surface area (Å²) in [6, 6.07) is 8.90. The first kappa shape index (κ1) is 9.45. The molecule has 0 radical (unpaired) electrons. The van der Waals surface area contributed by atoms with Crippen LogP contribution in [0.15, 0.2) is 36.4 Å². The van der Waals surface area contributed by atoms with Crippen molar-refractivity contribution in [1.82, 2.24) is 0 Å². The Morgan fingerprint density at radius 2 is 2.00 bits per heavy atom. The molecule has 68 valence electrons. The van der Waals surface area contributed by atoms with E-state index in [0.29, 0.717) is 0 Å². The molecule has 0 spiro atoms. The first-order chi connectivity index (χ1) is 6.20. The molecule has 1 aromatic rings. The molecule has 3 heteroatoms. The molecule has 0 aliphatic carbocycles. The monoisotopic (exact) mass is 177 g/mol. The maximum absolute atomic E-state index is 10.3. The third-order valence-corrected chi connectivity index (χ3v) is 1.70. The SMILES string of the molecule is CC(/C=C/c1ccccc1)[N+](=O)[O-]. The number of benzene rings is 1. The zero-order valence-electron chi connectivity index (χ0n) is 7.38. The maximum atomic E-state index is 10.3. The molecule has 0 N–H and O–H groups in total. The molecule has 0 aliphatic rings. The second-order valence-corrected chi connectivity index (χ2v) is 2.80. The average molecular weight is 177 g/mol. The smallest absolute Gasteiger partial charge is 0.228 e. The van der Waals surface area contributed by atoms with Gasteiger partial charge >= 0.3 is 0 Å². The second kappa shape index (κ2) is 4.40. The fraction of sp³-hybridized carbons (Fsp3) is 0.200. The van der Waals surface area contributed by atoms with Crippen molar-refractivity contribution in [2.24, 2.45) is 0 Å². The van der Waals surface area contributed by atoms with Crippen molar-refractivity contribution in [2.75, 3.05) is 0 Å². The van der Waals surface area contributed by atoms with Crippen LogP contribution < -0.4 is 0 Å². The predicted molar refractivity (Wildman–Crippen MR) is 51.9 cm³/mol. The van der Waals surface area contributed by atoms with E-state index in [-0.39, 0.29) is 4.92 Å². The summed E-state index contributed by atoms with van der Waals surface area (Å²) in [6.07, 6.45) is 3.34. The van der Waals surface area contributed by atoms with Crippen LogP contribution in [0.4, 0.5) is 0 Å². The lowest BCUT2D eigenvalue weighted by atomic mass is 10.2. The summed E-state index contributed by atoms with van der Waals surface area (Å²) in [7, 11) is 0. The predicted octanol–water partition coefficient (Wildman–Crippen LogP) is 2.37. The van der Waals surface area contributed by atoms with Gasteiger partial charge in [-0.05, 0) is 11.6 Å². The zero-order chi connectivity index (χ0) is 9.68. The normalized spacial score (nSPS) is 13.0. The molecule has 0 bridgehead atoms. The number of hydrogen-bond acceptors (Lipinski definition) is 2. The lowest BCUT2D eigenvalue weighted by Gasteiger charge is -1.95. The number of hydrogen-bond donors (Lipinski definition) is 0. The Bertz CT molecular complexity index is 306. The minimum Gasteiger partial charge on any atom is -0.264 e. The fourth-order valence-electron chi connectivity index (χ4n) is 0.885. The van der Waals surface area contributed by atoms with Crippen molar-refractivity contribution >= 4 is 6.08 Å². The molecule has 0 aromatic heterocycles. The molecule has 13 heavy (non-hydrogen) atoms. The van der Waals surface area contributed by atoms with E-state index in [1.54, 1.807) is 19.1 Å². The number of nitrogens with zero attached hydrogens (tertiary/aromatic N) is 1. The van der Waals surface area contributed by atoms with E-state index in [4.69, 9.17) is 0 Å². The van der Waals surface area contributed by atoms with Gasteiger partial charge in [0.1, 0.15) is 0 Å². The van der Waals surface area contributed by atoms with Crippen LogP contribution in [0, 0.1) is 10.1 Å². The third kappa shape index (κ3) is 3.07. The molecule has 1 aromatic carbocycles. The Hall–Kier alpha value is -1.64. The standard InChI is InChI=1S/C10H11NO2/c1-9(11(12)13)7-8-10-5-3-2-4-6-10/h2-9H,1H3/b8-7+. The zero-order valence-corrected chi connectivity index (χ0v) is 7.38. The second-order valence-electron chi connectivity index (χ2n) is 2.80. The minimum absolute atomic E-state index is 0.320. The molecule has 1 unspecified atom stereocenters. The van der Waals surface area contributed by atoms with Gasteiger partial charge in [-0.1, -0.05) is 36.4 Å². The highest BCUT2D eigenvalue weighted by Gasteiger charge is 2.05. The van der Waals surface area contributed by atoms with Gasteiger partial charge in [0.2, 0.25) is 6.04 Å². The van der Waals surface area contributed by atoms with E-state index < -0.39 is 6.04 Å². The average Bonchev–Trinajstić information content (AvgIpc) is 2.15. The van der Waals surface area contributed by atoms with Gasteiger partial charge in [0, 0.05) is 11.8 Å². The van der Waals surface area contributed by atoms with Crippen molar-refractivity contribution in [3.05, 3.63) is 52.1 Å². The summed E-state index contributed by atoms with van der Waals surface area (Å²) in [5.74, 6) is 0. The minimum atomic E-state index is -0.625. The molecular weight excluding hydrogens is 166 g/mol. The van der Waals surface area contributed by atoms with Crippen LogP contribution in [0.2, 0.25) is 0 Å². The first-order valence-electron chi connectivity index (χ1n) is 4.07. The summed E-state index contributed by atoms with van der Waals surface area (Å²) >= 11 is 0. The van der Waals surface area contributed by atoms with Crippen molar-refractivity contribution < 1.29 is 4.92 Å². The molecule has 1 rings (SSSR count). The summed E-state index contributed by atoms with van der Waals surface area (Å²) in [4.78, 5) is 9.95. The third-order valence-electron chi connectivity index (χ3n) is 1.70. The van der Waals surface area contributed by atoms with Gasteiger partial charge in [-0.3, -0.25) is 10.1 Å². The van der Waals surface area contributed by atoms with Gasteiger partial charge < -0.3 is 0 Å². The lowest BCUT2D eigenvalue weighted by Crippen LogP contribution is -2.10. The quantitative estimate of drug-likeness (QED) is 0.525. The van der Waals surface area contributed by atoms with E-state index in [1.807, 2.05) is 30.3 Å². The molecule has 0 aliphatic heterocycles. The van der Waals surface area contributed by atoms with Crippen LogP contribution in [0.3, 0.4) is 0 Å². The van der Waals surface area contributed by atoms with Crippen molar-refractivity contribution in [3.8, 4) is 0 Å². The molecule has 0 amide bonds. The van der Waals surface area contributed by atoms with E-state index in [0.717, 1.165) is 5.56 Å². The molecule has 1 atom stereocenters. The number of nitro groups is 1. The Morgan fingerprint density at radius 3 is 2.54 bits per heavy atom. The molecule has 3 nitrogen and oxygen atoms in total. The van der Waals surface area contributed by atoms with Gasteiger partial charge in [0.25, 0.3) is 0 Å². The van der Waals surface area contributed by atoms with Crippen LogP contribution in [0.5, 0.6) is 0 Å².